The maximum atomic E-state index is 10.6. The maximum absolute atomic E-state index is 10.6. The van der Waals surface area contributed by atoms with Gasteiger partial charge in [0.15, 0.2) is 0 Å². The molecule has 1 saturated heterocycles. The summed E-state index contributed by atoms with van der Waals surface area (Å²) in [6.45, 7) is 1.08. The van der Waals surface area contributed by atoms with Crippen molar-refractivity contribution in [2.75, 3.05) is 13.1 Å². The van der Waals surface area contributed by atoms with E-state index in [2.05, 4.69) is 0 Å². The molecule has 0 aromatic heterocycles. The summed E-state index contributed by atoms with van der Waals surface area (Å²) >= 11 is 0. The van der Waals surface area contributed by atoms with E-state index < -0.39 is 12.1 Å². The second-order valence-corrected chi connectivity index (χ2v) is 3.65. The van der Waals surface area contributed by atoms with Gasteiger partial charge in [0.05, 0.1) is 0 Å². The van der Waals surface area contributed by atoms with Crippen LogP contribution in [-0.2, 0) is 4.79 Å². The average molecular weight is 201 g/mol. The van der Waals surface area contributed by atoms with E-state index in [0.29, 0.717) is 25.4 Å². The molecular weight excluding hydrogens is 186 g/mol. The van der Waals surface area contributed by atoms with Gasteiger partial charge in [-0.3, -0.25) is 4.79 Å². The number of rotatable bonds is 3. The van der Waals surface area contributed by atoms with Crippen molar-refractivity contribution in [2.45, 2.75) is 25.7 Å². The number of carboxylic acids is 1. The SMILES string of the molecule is O=C(O)CCC1CCN(C(=O)O)CC1. The molecule has 0 bridgehead atoms. The Morgan fingerprint density at radius 3 is 2.21 bits per heavy atom. The standard InChI is InChI=1S/C9H15NO4/c11-8(12)2-1-7-3-5-10(6-4-7)9(13)14/h7H,1-6H2,(H,11,12)(H,13,14). The highest BCUT2D eigenvalue weighted by molar-refractivity contribution is 5.66. The fraction of sp³-hybridized carbons (Fsp3) is 0.778. The smallest absolute Gasteiger partial charge is 0.407 e. The Labute approximate surface area is 82.3 Å². The highest BCUT2D eigenvalue weighted by Crippen LogP contribution is 2.21. The molecule has 0 unspecified atom stereocenters. The van der Waals surface area contributed by atoms with E-state index in [1.54, 1.807) is 0 Å². The van der Waals surface area contributed by atoms with Crippen LogP contribution in [0.5, 0.6) is 0 Å². The van der Waals surface area contributed by atoms with E-state index in [9.17, 15) is 9.59 Å². The van der Waals surface area contributed by atoms with E-state index in [4.69, 9.17) is 10.2 Å². The molecule has 0 atom stereocenters. The second-order valence-electron chi connectivity index (χ2n) is 3.65. The Morgan fingerprint density at radius 2 is 1.79 bits per heavy atom. The van der Waals surface area contributed by atoms with E-state index >= 15 is 0 Å². The molecule has 0 saturated carbocycles. The van der Waals surface area contributed by atoms with Crippen molar-refractivity contribution in [2.24, 2.45) is 5.92 Å². The lowest BCUT2D eigenvalue weighted by molar-refractivity contribution is -0.137. The number of nitrogens with zero attached hydrogens (tertiary/aromatic N) is 1. The third kappa shape index (κ3) is 3.24. The zero-order chi connectivity index (χ0) is 10.6. The summed E-state index contributed by atoms with van der Waals surface area (Å²) in [5.41, 5.74) is 0. The van der Waals surface area contributed by atoms with Crippen LogP contribution in [0.4, 0.5) is 4.79 Å². The topological polar surface area (TPSA) is 77.8 Å². The third-order valence-electron chi connectivity index (χ3n) is 2.65. The molecule has 0 aliphatic carbocycles. The van der Waals surface area contributed by atoms with Crippen molar-refractivity contribution in [3.63, 3.8) is 0 Å². The third-order valence-corrected chi connectivity index (χ3v) is 2.65. The summed E-state index contributed by atoms with van der Waals surface area (Å²) in [4.78, 5) is 22.3. The molecular formula is C9H15NO4. The number of hydrogen-bond acceptors (Lipinski definition) is 2. The molecule has 14 heavy (non-hydrogen) atoms. The van der Waals surface area contributed by atoms with Gasteiger partial charge in [0.1, 0.15) is 0 Å². The first kappa shape index (κ1) is 10.8. The lowest BCUT2D eigenvalue weighted by atomic mass is 9.92. The molecule has 0 spiro atoms. The number of carboxylic acid groups (broad SMARTS) is 2. The van der Waals surface area contributed by atoms with Crippen LogP contribution in [-0.4, -0.2) is 40.3 Å². The Bertz CT molecular complexity index is 221. The van der Waals surface area contributed by atoms with E-state index in [1.165, 1.54) is 4.90 Å². The molecule has 1 amide bonds. The van der Waals surface area contributed by atoms with Gasteiger partial charge in [-0.25, -0.2) is 4.79 Å². The number of likely N-dealkylation sites (tertiary alicyclic amines) is 1. The summed E-state index contributed by atoms with van der Waals surface area (Å²) in [5, 5.41) is 17.2. The lowest BCUT2D eigenvalue weighted by Crippen LogP contribution is -2.37. The minimum absolute atomic E-state index is 0.192. The number of piperidine rings is 1. The first-order chi connectivity index (χ1) is 6.59. The van der Waals surface area contributed by atoms with Crippen LogP contribution in [0.3, 0.4) is 0 Å². The molecule has 1 aliphatic rings. The zero-order valence-electron chi connectivity index (χ0n) is 7.98. The molecule has 1 fully saturated rings. The van der Waals surface area contributed by atoms with Gasteiger partial charge < -0.3 is 15.1 Å². The van der Waals surface area contributed by atoms with Crippen molar-refractivity contribution < 1.29 is 19.8 Å². The predicted octanol–water partition coefficient (Wildman–Crippen LogP) is 1.24. The van der Waals surface area contributed by atoms with E-state index in [-0.39, 0.29) is 6.42 Å². The van der Waals surface area contributed by atoms with Crippen LogP contribution in [0.2, 0.25) is 0 Å². The molecule has 1 rings (SSSR count). The fourth-order valence-electron chi connectivity index (χ4n) is 1.74. The number of hydrogen-bond donors (Lipinski definition) is 2. The Kier molecular flexibility index (Phi) is 3.73. The lowest BCUT2D eigenvalue weighted by Gasteiger charge is -2.29. The van der Waals surface area contributed by atoms with Gasteiger partial charge in [-0.15, -0.1) is 0 Å². The van der Waals surface area contributed by atoms with Crippen LogP contribution >= 0.6 is 0 Å². The monoisotopic (exact) mass is 201 g/mol. The Hall–Kier alpha value is -1.26. The van der Waals surface area contributed by atoms with Gasteiger partial charge in [-0.1, -0.05) is 0 Å². The minimum atomic E-state index is -0.873. The molecule has 1 heterocycles. The number of carbonyl (C=O) groups is 2. The van der Waals surface area contributed by atoms with Crippen molar-refractivity contribution in [1.82, 2.24) is 4.90 Å². The molecule has 5 heteroatoms. The largest absolute Gasteiger partial charge is 0.481 e. The van der Waals surface area contributed by atoms with Gasteiger partial charge in [0, 0.05) is 19.5 Å². The van der Waals surface area contributed by atoms with Crippen molar-refractivity contribution >= 4 is 12.1 Å². The highest BCUT2D eigenvalue weighted by atomic mass is 16.4. The molecule has 1 aliphatic heterocycles. The molecule has 0 radical (unpaired) electrons. The van der Waals surface area contributed by atoms with Gasteiger partial charge >= 0.3 is 12.1 Å². The number of aliphatic carboxylic acids is 1. The van der Waals surface area contributed by atoms with Crippen LogP contribution in [0.1, 0.15) is 25.7 Å². The predicted molar refractivity (Wildman–Crippen MR) is 49.2 cm³/mol. The molecule has 2 N–H and O–H groups in total. The normalized spacial score (nSPS) is 18.1. The quantitative estimate of drug-likeness (QED) is 0.720. The highest BCUT2D eigenvalue weighted by Gasteiger charge is 2.22. The zero-order valence-corrected chi connectivity index (χ0v) is 7.98. The molecule has 0 aromatic rings. The molecule has 0 aromatic carbocycles. The maximum Gasteiger partial charge on any atom is 0.407 e. The van der Waals surface area contributed by atoms with Crippen LogP contribution in [0.25, 0.3) is 0 Å². The first-order valence-corrected chi connectivity index (χ1v) is 4.79. The van der Waals surface area contributed by atoms with Gasteiger partial charge in [-0.2, -0.15) is 0 Å². The minimum Gasteiger partial charge on any atom is -0.481 e. The summed E-state index contributed by atoms with van der Waals surface area (Å²) in [6.07, 6.45) is 1.57. The summed E-state index contributed by atoms with van der Waals surface area (Å²) < 4.78 is 0. The van der Waals surface area contributed by atoms with Crippen molar-refractivity contribution in [3.8, 4) is 0 Å². The fourth-order valence-corrected chi connectivity index (χ4v) is 1.74. The summed E-state index contributed by atoms with van der Waals surface area (Å²) in [5.74, 6) is -0.396. The van der Waals surface area contributed by atoms with Crippen LogP contribution in [0, 0.1) is 5.92 Å². The number of amides is 1. The average Bonchev–Trinajstić information content (AvgIpc) is 2.15. The summed E-state index contributed by atoms with van der Waals surface area (Å²) in [7, 11) is 0. The van der Waals surface area contributed by atoms with E-state index in [1.807, 2.05) is 0 Å². The van der Waals surface area contributed by atoms with Gasteiger partial charge in [-0.05, 0) is 25.2 Å². The Morgan fingerprint density at radius 1 is 1.21 bits per heavy atom. The van der Waals surface area contributed by atoms with Crippen molar-refractivity contribution in [1.29, 1.82) is 0 Å². The first-order valence-electron chi connectivity index (χ1n) is 4.79. The molecule has 5 nitrogen and oxygen atoms in total. The van der Waals surface area contributed by atoms with E-state index in [0.717, 1.165) is 12.8 Å². The van der Waals surface area contributed by atoms with Gasteiger partial charge in [0.2, 0.25) is 0 Å². The Balaban J connectivity index is 2.22. The van der Waals surface area contributed by atoms with Crippen LogP contribution < -0.4 is 0 Å². The van der Waals surface area contributed by atoms with Gasteiger partial charge in [0.25, 0.3) is 0 Å². The second kappa shape index (κ2) is 4.83. The van der Waals surface area contributed by atoms with Crippen LogP contribution in [0.15, 0.2) is 0 Å². The summed E-state index contributed by atoms with van der Waals surface area (Å²) in [6, 6.07) is 0. The van der Waals surface area contributed by atoms with Crippen molar-refractivity contribution in [3.05, 3.63) is 0 Å². The molecule has 80 valence electrons.